The Hall–Kier alpha value is -2.54. The maximum Gasteiger partial charge on any atom is 0.239 e. The van der Waals surface area contributed by atoms with Crippen LogP contribution in [0.15, 0.2) is 54.6 Å². The van der Waals surface area contributed by atoms with Gasteiger partial charge in [0.2, 0.25) is 15.9 Å². The number of carbonyl (C=O) groups is 1. The number of para-hydroxylation sites is 2. The lowest BCUT2D eigenvalue weighted by molar-refractivity contribution is -0.120. The van der Waals surface area contributed by atoms with Gasteiger partial charge >= 0.3 is 0 Å². The second-order valence-corrected chi connectivity index (χ2v) is 7.36. The quantitative estimate of drug-likeness (QED) is 0.862. The third-order valence-electron chi connectivity index (χ3n) is 3.75. The minimum absolute atomic E-state index is 0.0665. The molecule has 0 spiro atoms. The number of hydrogen-bond donors (Lipinski definition) is 2. The van der Waals surface area contributed by atoms with Gasteiger partial charge in [-0.2, -0.15) is 0 Å². The molecule has 1 saturated heterocycles. The molecule has 2 aromatic carbocycles. The van der Waals surface area contributed by atoms with E-state index in [0.29, 0.717) is 24.5 Å². The number of piperazine rings is 1. The molecule has 2 aromatic rings. The summed E-state index contributed by atoms with van der Waals surface area (Å²) in [6, 6.07) is 16.2. The summed E-state index contributed by atoms with van der Waals surface area (Å²) in [6.07, 6.45) is 0. The molecular weight excluding hydrogens is 326 g/mol. The number of benzene rings is 2. The third-order valence-corrected chi connectivity index (χ3v) is 4.99. The van der Waals surface area contributed by atoms with E-state index < -0.39 is 10.0 Å². The van der Waals surface area contributed by atoms with E-state index in [4.69, 9.17) is 0 Å². The Kier molecular flexibility index (Phi) is 4.71. The van der Waals surface area contributed by atoms with Crippen LogP contribution < -0.4 is 14.9 Å². The van der Waals surface area contributed by atoms with Crippen LogP contribution in [0.4, 0.5) is 11.4 Å². The van der Waals surface area contributed by atoms with Gasteiger partial charge in [-0.15, -0.1) is 0 Å². The van der Waals surface area contributed by atoms with Gasteiger partial charge < -0.3 is 10.2 Å². The lowest BCUT2D eigenvalue weighted by Crippen LogP contribution is -2.47. The minimum atomic E-state index is -3.54. The number of nitrogens with zero attached hydrogens (tertiary/aromatic N) is 1. The van der Waals surface area contributed by atoms with Crippen LogP contribution in [0.3, 0.4) is 0 Å². The van der Waals surface area contributed by atoms with E-state index in [2.05, 4.69) is 10.0 Å². The molecule has 6 nitrogen and oxygen atoms in total. The largest absolute Gasteiger partial charge is 0.359 e. The molecule has 2 N–H and O–H groups in total. The summed E-state index contributed by atoms with van der Waals surface area (Å²) in [7, 11) is -3.54. The van der Waals surface area contributed by atoms with Crippen LogP contribution >= 0.6 is 0 Å². The smallest absolute Gasteiger partial charge is 0.239 e. The van der Waals surface area contributed by atoms with Crippen molar-refractivity contribution in [2.24, 2.45) is 0 Å². The van der Waals surface area contributed by atoms with Crippen molar-refractivity contribution in [3.05, 3.63) is 60.2 Å². The monoisotopic (exact) mass is 345 g/mol. The number of nitrogens with one attached hydrogen (secondary N) is 2. The van der Waals surface area contributed by atoms with Crippen LogP contribution in [0.1, 0.15) is 5.56 Å². The topological polar surface area (TPSA) is 78.5 Å². The van der Waals surface area contributed by atoms with Crippen molar-refractivity contribution < 1.29 is 13.2 Å². The van der Waals surface area contributed by atoms with Crippen LogP contribution in [0.5, 0.6) is 0 Å². The van der Waals surface area contributed by atoms with E-state index in [1.54, 1.807) is 24.3 Å². The summed E-state index contributed by atoms with van der Waals surface area (Å²) in [5, 5.41) is 2.76. The molecule has 0 unspecified atom stereocenters. The highest BCUT2D eigenvalue weighted by Gasteiger charge is 2.21. The van der Waals surface area contributed by atoms with Gasteiger partial charge in [-0.25, -0.2) is 8.42 Å². The molecule has 1 fully saturated rings. The first-order valence-corrected chi connectivity index (χ1v) is 9.34. The molecular formula is C17H19N3O3S. The Bertz CT molecular complexity index is 822. The van der Waals surface area contributed by atoms with Crippen molar-refractivity contribution >= 4 is 27.3 Å². The van der Waals surface area contributed by atoms with Gasteiger partial charge in [-0.05, 0) is 17.7 Å². The van der Waals surface area contributed by atoms with Gasteiger partial charge in [-0.1, -0.05) is 42.5 Å². The molecule has 0 atom stereocenters. The average Bonchev–Trinajstić information content (AvgIpc) is 2.55. The molecule has 0 saturated carbocycles. The second-order valence-electron chi connectivity index (χ2n) is 5.64. The van der Waals surface area contributed by atoms with Gasteiger partial charge in [0.25, 0.3) is 0 Å². The molecule has 0 bridgehead atoms. The van der Waals surface area contributed by atoms with Crippen LogP contribution in [0, 0.1) is 0 Å². The standard InChI is InChI=1S/C17H19N3O3S/c21-17-12-20(11-10-18-17)16-9-5-4-8-15(16)19-24(22,23)13-14-6-2-1-3-7-14/h1-9,19H,10-13H2,(H,18,21). The number of hydrogen-bond acceptors (Lipinski definition) is 4. The Labute approximate surface area is 141 Å². The zero-order chi connectivity index (χ0) is 17.0. The highest BCUT2D eigenvalue weighted by Crippen LogP contribution is 2.27. The van der Waals surface area contributed by atoms with E-state index in [-0.39, 0.29) is 18.2 Å². The Morgan fingerprint density at radius 1 is 1.04 bits per heavy atom. The first-order chi connectivity index (χ1) is 11.5. The number of anilines is 2. The summed E-state index contributed by atoms with van der Waals surface area (Å²) < 4.78 is 27.6. The number of sulfonamides is 1. The first-order valence-electron chi connectivity index (χ1n) is 7.69. The fourth-order valence-corrected chi connectivity index (χ4v) is 3.89. The minimum Gasteiger partial charge on any atom is -0.359 e. The van der Waals surface area contributed by atoms with Crippen LogP contribution in [0.2, 0.25) is 0 Å². The molecule has 126 valence electrons. The zero-order valence-electron chi connectivity index (χ0n) is 13.1. The zero-order valence-corrected chi connectivity index (χ0v) is 13.9. The van der Waals surface area contributed by atoms with E-state index in [9.17, 15) is 13.2 Å². The SMILES string of the molecule is O=C1CN(c2ccccc2NS(=O)(=O)Cc2ccccc2)CCN1. The molecule has 3 rings (SSSR count). The molecule has 1 aliphatic rings. The summed E-state index contributed by atoms with van der Waals surface area (Å²) in [5.74, 6) is -0.161. The Morgan fingerprint density at radius 3 is 2.50 bits per heavy atom. The highest BCUT2D eigenvalue weighted by atomic mass is 32.2. The van der Waals surface area contributed by atoms with Gasteiger partial charge in [-0.3, -0.25) is 9.52 Å². The Balaban J connectivity index is 1.81. The number of carbonyl (C=O) groups excluding carboxylic acids is 1. The molecule has 24 heavy (non-hydrogen) atoms. The molecule has 0 aromatic heterocycles. The predicted molar refractivity (Wildman–Crippen MR) is 94.4 cm³/mol. The molecule has 1 amide bonds. The van der Waals surface area contributed by atoms with Gasteiger partial charge in [0.05, 0.1) is 23.7 Å². The molecule has 0 radical (unpaired) electrons. The summed E-state index contributed by atoms with van der Waals surface area (Å²) >= 11 is 0. The van der Waals surface area contributed by atoms with Crippen molar-refractivity contribution in [3.8, 4) is 0 Å². The highest BCUT2D eigenvalue weighted by molar-refractivity contribution is 7.91. The van der Waals surface area contributed by atoms with Crippen molar-refractivity contribution in [1.29, 1.82) is 0 Å². The summed E-state index contributed by atoms with van der Waals surface area (Å²) in [5.41, 5.74) is 1.92. The van der Waals surface area contributed by atoms with Crippen molar-refractivity contribution in [3.63, 3.8) is 0 Å². The van der Waals surface area contributed by atoms with Gasteiger partial charge in [0, 0.05) is 13.1 Å². The molecule has 7 heteroatoms. The molecule has 0 aliphatic carbocycles. The van der Waals surface area contributed by atoms with E-state index in [1.807, 2.05) is 35.2 Å². The van der Waals surface area contributed by atoms with Crippen molar-refractivity contribution in [2.75, 3.05) is 29.3 Å². The predicted octanol–water partition coefficient (Wildman–Crippen LogP) is 1.56. The fourth-order valence-electron chi connectivity index (χ4n) is 2.68. The first kappa shape index (κ1) is 16.3. The molecule has 1 aliphatic heterocycles. The van der Waals surface area contributed by atoms with Gasteiger partial charge in [0.15, 0.2) is 0 Å². The number of amides is 1. The summed E-state index contributed by atoms with van der Waals surface area (Å²) in [4.78, 5) is 13.5. The average molecular weight is 345 g/mol. The van der Waals surface area contributed by atoms with Crippen LogP contribution in [0.25, 0.3) is 0 Å². The third kappa shape index (κ3) is 4.05. The lowest BCUT2D eigenvalue weighted by atomic mass is 10.2. The maximum atomic E-state index is 12.5. The normalized spacial score (nSPS) is 15.0. The van der Waals surface area contributed by atoms with Crippen molar-refractivity contribution in [2.45, 2.75) is 5.75 Å². The van der Waals surface area contributed by atoms with Crippen LogP contribution in [-0.2, 0) is 20.6 Å². The lowest BCUT2D eigenvalue weighted by Gasteiger charge is -2.30. The maximum absolute atomic E-state index is 12.5. The van der Waals surface area contributed by atoms with E-state index in [0.717, 1.165) is 5.56 Å². The number of rotatable bonds is 5. The summed E-state index contributed by atoms with van der Waals surface area (Å²) in [6.45, 7) is 1.41. The van der Waals surface area contributed by atoms with E-state index >= 15 is 0 Å². The van der Waals surface area contributed by atoms with Crippen molar-refractivity contribution in [1.82, 2.24) is 5.32 Å². The van der Waals surface area contributed by atoms with Gasteiger partial charge in [0.1, 0.15) is 0 Å². The second kappa shape index (κ2) is 6.92. The van der Waals surface area contributed by atoms with E-state index in [1.165, 1.54) is 0 Å². The Morgan fingerprint density at radius 2 is 1.75 bits per heavy atom. The molecule has 1 heterocycles. The fraction of sp³-hybridized carbons (Fsp3) is 0.235. The van der Waals surface area contributed by atoms with Crippen LogP contribution in [-0.4, -0.2) is 34.0 Å².